The Kier molecular flexibility index (Phi) is 5.48. The molecule has 0 radical (unpaired) electrons. The highest BCUT2D eigenvalue weighted by atomic mass is 15.1. The van der Waals surface area contributed by atoms with Gasteiger partial charge in [-0.3, -0.25) is 0 Å². The summed E-state index contributed by atoms with van der Waals surface area (Å²) in [5.74, 6) is 0. The quantitative estimate of drug-likeness (QED) is 0.338. The summed E-state index contributed by atoms with van der Waals surface area (Å²) in [5.41, 5.74) is 7.39. The van der Waals surface area contributed by atoms with Crippen molar-refractivity contribution >= 4 is 33.9 Å². The highest BCUT2D eigenvalue weighted by Crippen LogP contribution is 2.41. The molecule has 0 aliphatic carbocycles. The molecule has 0 saturated heterocycles. The number of allylic oxidation sites excluding steroid dienone is 1. The van der Waals surface area contributed by atoms with Gasteiger partial charge in [0.25, 0.3) is 0 Å². The molecule has 0 unspecified atom stereocenters. The van der Waals surface area contributed by atoms with Crippen LogP contribution in [-0.4, -0.2) is 0 Å². The Morgan fingerprint density at radius 3 is 2.21 bits per heavy atom. The van der Waals surface area contributed by atoms with E-state index in [2.05, 4.69) is 123 Å². The number of anilines is 3. The molecule has 1 nitrogen and oxygen atoms in total. The minimum Gasteiger partial charge on any atom is -0.309 e. The van der Waals surface area contributed by atoms with E-state index >= 15 is 0 Å². The zero-order valence-corrected chi connectivity index (χ0v) is 17.4. The monoisotopic (exact) mass is 377 g/mol. The molecule has 0 amide bonds. The average molecular weight is 378 g/mol. The van der Waals surface area contributed by atoms with Crippen molar-refractivity contribution in [1.82, 2.24) is 0 Å². The molecular formula is C28H27N. The maximum Gasteiger partial charge on any atom is 0.0540 e. The first-order valence-electron chi connectivity index (χ1n) is 10.3. The van der Waals surface area contributed by atoms with E-state index in [0.717, 1.165) is 6.42 Å². The third kappa shape index (κ3) is 3.82. The molecule has 0 N–H and O–H groups in total. The fourth-order valence-electron chi connectivity index (χ4n) is 3.82. The van der Waals surface area contributed by atoms with Crippen LogP contribution >= 0.6 is 0 Å². The first-order chi connectivity index (χ1) is 14.2. The number of fused-ring (bicyclic) bond motifs is 1. The summed E-state index contributed by atoms with van der Waals surface area (Å²) in [6, 6.07) is 30.5. The molecule has 0 aliphatic heterocycles. The van der Waals surface area contributed by atoms with Crippen LogP contribution in [0.3, 0.4) is 0 Å². The molecule has 144 valence electrons. The predicted molar refractivity (Wildman–Crippen MR) is 127 cm³/mol. The van der Waals surface area contributed by atoms with Crippen molar-refractivity contribution in [2.24, 2.45) is 0 Å². The predicted octanol–water partition coefficient (Wildman–Crippen LogP) is 8.35. The van der Waals surface area contributed by atoms with Crippen LogP contribution in [0.5, 0.6) is 0 Å². The summed E-state index contributed by atoms with van der Waals surface area (Å²) < 4.78 is 0. The van der Waals surface area contributed by atoms with E-state index in [0.29, 0.717) is 0 Å². The normalized spacial score (nSPS) is 11.3. The van der Waals surface area contributed by atoms with Gasteiger partial charge in [0.2, 0.25) is 0 Å². The van der Waals surface area contributed by atoms with Crippen LogP contribution in [0.25, 0.3) is 16.8 Å². The third-order valence-corrected chi connectivity index (χ3v) is 5.36. The lowest BCUT2D eigenvalue weighted by atomic mass is 10.0. The molecule has 0 fully saturated rings. The van der Waals surface area contributed by atoms with Gasteiger partial charge in [0.05, 0.1) is 11.4 Å². The van der Waals surface area contributed by atoms with Crippen LogP contribution in [0.4, 0.5) is 17.1 Å². The first-order valence-corrected chi connectivity index (χ1v) is 10.3. The lowest BCUT2D eigenvalue weighted by molar-refractivity contribution is 1.23. The van der Waals surface area contributed by atoms with Crippen LogP contribution in [0.2, 0.25) is 0 Å². The van der Waals surface area contributed by atoms with Crippen LogP contribution < -0.4 is 4.90 Å². The fraction of sp³-hybridized carbons (Fsp3) is 0.143. The third-order valence-electron chi connectivity index (χ3n) is 5.36. The molecule has 4 rings (SSSR count). The summed E-state index contributed by atoms with van der Waals surface area (Å²) in [5, 5.41) is 2.50. The molecule has 29 heavy (non-hydrogen) atoms. The number of hydrogen-bond donors (Lipinski definition) is 0. The number of hydrogen-bond acceptors (Lipinski definition) is 1. The summed E-state index contributed by atoms with van der Waals surface area (Å²) in [7, 11) is 0. The molecule has 0 bridgehead atoms. The van der Waals surface area contributed by atoms with Gasteiger partial charge >= 0.3 is 0 Å². The Morgan fingerprint density at radius 2 is 1.41 bits per heavy atom. The van der Waals surface area contributed by atoms with E-state index < -0.39 is 0 Å². The fourth-order valence-corrected chi connectivity index (χ4v) is 3.82. The van der Waals surface area contributed by atoms with Gasteiger partial charge in [0.1, 0.15) is 0 Å². The van der Waals surface area contributed by atoms with Gasteiger partial charge in [0, 0.05) is 16.6 Å². The highest BCUT2D eigenvalue weighted by molar-refractivity contribution is 5.99. The van der Waals surface area contributed by atoms with Crippen LogP contribution in [0.1, 0.15) is 30.0 Å². The first kappa shape index (κ1) is 19.0. The molecule has 0 saturated carbocycles. The highest BCUT2D eigenvalue weighted by Gasteiger charge is 2.18. The lowest BCUT2D eigenvalue weighted by Crippen LogP contribution is -2.12. The van der Waals surface area contributed by atoms with E-state index in [1.165, 1.54) is 44.5 Å². The molecule has 4 aromatic carbocycles. The molecular weight excluding hydrogens is 350 g/mol. The zero-order chi connectivity index (χ0) is 20.2. The van der Waals surface area contributed by atoms with Crippen molar-refractivity contribution in [2.45, 2.75) is 27.2 Å². The van der Waals surface area contributed by atoms with Crippen molar-refractivity contribution < 1.29 is 0 Å². The summed E-state index contributed by atoms with van der Waals surface area (Å²) in [4.78, 5) is 2.39. The second-order valence-corrected chi connectivity index (χ2v) is 7.49. The zero-order valence-electron chi connectivity index (χ0n) is 17.4. The van der Waals surface area contributed by atoms with E-state index in [4.69, 9.17) is 0 Å². The largest absolute Gasteiger partial charge is 0.309 e. The van der Waals surface area contributed by atoms with Gasteiger partial charge in [-0.25, -0.2) is 0 Å². The van der Waals surface area contributed by atoms with Gasteiger partial charge in [-0.05, 0) is 55.5 Å². The number of benzene rings is 4. The van der Waals surface area contributed by atoms with Crippen LogP contribution in [0.15, 0.2) is 91.0 Å². The van der Waals surface area contributed by atoms with Gasteiger partial charge < -0.3 is 4.90 Å². The Hall–Kier alpha value is -3.32. The van der Waals surface area contributed by atoms with Crippen molar-refractivity contribution in [2.75, 3.05) is 4.90 Å². The second-order valence-electron chi connectivity index (χ2n) is 7.49. The average Bonchev–Trinajstić information content (AvgIpc) is 2.75. The molecule has 4 aromatic rings. The summed E-state index contributed by atoms with van der Waals surface area (Å²) in [6.07, 6.45) is 5.52. The molecule has 0 heterocycles. The maximum absolute atomic E-state index is 2.39. The Morgan fingerprint density at radius 1 is 0.724 bits per heavy atom. The minimum atomic E-state index is 1.02. The standard InChI is InChI=1S/C28H27N/c1-4-5-13-25-22(3)10-8-15-27(25)29(24-19-17-21(2)18-20-24)28-16-9-12-23-11-6-7-14-26(23)28/h5-20H,4H2,1-3H3/b13-5-. The SMILES string of the molecule is CC/C=C\c1c(C)cccc1N(c1ccc(C)cc1)c1cccc2ccccc12. The van der Waals surface area contributed by atoms with Crippen molar-refractivity contribution in [3.63, 3.8) is 0 Å². The van der Waals surface area contributed by atoms with E-state index in [-0.39, 0.29) is 0 Å². The summed E-state index contributed by atoms with van der Waals surface area (Å²) >= 11 is 0. The van der Waals surface area contributed by atoms with Gasteiger partial charge in [-0.15, -0.1) is 0 Å². The Balaban J connectivity index is 2.02. The number of rotatable bonds is 5. The van der Waals surface area contributed by atoms with Gasteiger partial charge in [0.15, 0.2) is 0 Å². The minimum absolute atomic E-state index is 1.02. The number of aryl methyl sites for hydroxylation is 2. The van der Waals surface area contributed by atoms with Gasteiger partial charge in [-0.1, -0.05) is 85.3 Å². The van der Waals surface area contributed by atoms with Crippen molar-refractivity contribution in [3.05, 3.63) is 108 Å². The van der Waals surface area contributed by atoms with E-state index in [9.17, 15) is 0 Å². The van der Waals surface area contributed by atoms with Crippen molar-refractivity contribution in [3.8, 4) is 0 Å². The van der Waals surface area contributed by atoms with E-state index in [1.54, 1.807) is 0 Å². The van der Waals surface area contributed by atoms with Crippen molar-refractivity contribution in [1.29, 1.82) is 0 Å². The second kappa shape index (κ2) is 8.36. The topological polar surface area (TPSA) is 3.24 Å². The van der Waals surface area contributed by atoms with Crippen LogP contribution in [-0.2, 0) is 0 Å². The van der Waals surface area contributed by atoms with Crippen LogP contribution in [0, 0.1) is 13.8 Å². The smallest absolute Gasteiger partial charge is 0.0540 e. The molecule has 0 spiro atoms. The Bertz CT molecular complexity index is 1150. The van der Waals surface area contributed by atoms with E-state index in [1.807, 2.05) is 0 Å². The van der Waals surface area contributed by atoms with Gasteiger partial charge in [-0.2, -0.15) is 0 Å². The summed E-state index contributed by atoms with van der Waals surface area (Å²) in [6.45, 7) is 6.50. The molecule has 0 aromatic heterocycles. The molecule has 0 atom stereocenters. The Labute approximate surface area is 173 Å². The lowest BCUT2D eigenvalue weighted by Gasteiger charge is -2.29. The molecule has 0 aliphatic rings. The maximum atomic E-state index is 2.39. The molecule has 1 heteroatoms. The number of nitrogens with zero attached hydrogens (tertiary/aromatic N) is 1.